The molecule has 0 heterocycles. The van der Waals surface area contributed by atoms with Gasteiger partial charge in [0.25, 0.3) is 0 Å². The summed E-state index contributed by atoms with van der Waals surface area (Å²) in [7, 11) is 0. The number of fused-ring (bicyclic) bond motifs is 1. The molecule has 1 heteroatoms. The molecule has 1 aliphatic carbocycles. The smallest absolute Gasteiger partial charge is 0.0516 e. The van der Waals surface area contributed by atoms with Crippen molar-refractivity contribution in [3.05, 3.63) is 64.7 Å². The first kappa shape index (κ1) is 13.2. The van der Waals surface area contributed by atoms with Crippen LogP contribution < -0.4 is 5.32 Å². The van der Waals surface area contributed by atoms with E-state index in [-0.39, 0.29) is 0 Å². The molecule has 20 heavy (non-hydrogen) atoms. The summed E-state index contributed by atoms with van der Waals surface area (Å²) in [5.41, 5.74) is 6.92. The molecule has 3 rings (SSSR count). The molecule has 0 radical (unpaired) electrons. The zero-order valence-electron chi connectivity index (χ0n) is 12.4. The van der Waals surface area contributed by atoms with Crippen LogP contribution in [0.5, 0.6) is 0 Å². The van der Waals surface area contributed by atoms with Crippen LogP contribution in [0.4, 0.5) is 5.69 Å². The maximum atomic E-state index is 3.76. The van der Waals surface area contributed by atoms with E-state index in [1.807, 2.05) is 0 Å². The summed E-state index contributed by atoms with van der Waals surface area (Å²) < 4.78 is 0. The van der Waals surface area contributed by atoms with Gasteiger partial charge in [0, 0.05) is 5.69 Å². The zero-order chi connectivity index (χ0) is 13.9. The minimum Gasteiger partial charge on any atom is -0.378 e. The van der Waals surface area contributed by atoms with E-state index < -0.39 is 0 Å². The minimum atomic E-state index is 0.454. The van der Waals surface area contributed by atoms with Crippen LogP contribution >= 0.6 is 0 Å². The molecule has 2 aromatic rings. The zero-order valence-corrected chi connectivity index (χ0v) is 12.4. The molecule has 0 saturated carbocycles. The topological polar surface area (TPSA) is 12.0 Å². The van der Waals surface area contributed by atoms with E-state index in [1.54, 1.807) is 0 Å². The van der Waals surface area contributed by atoms with Crippen molar-refractivity contribution in [2.24, 2.45) is 0 Å². The number of anilines is 1. The Balaban J connectivity index is 1.90. The van der Waals surface area contributed by atoms with Gasteiger partial charge >= 0.3 is 0 Å². The van der Waals surface area contributed by atoms with Crippen molar-refractivity contribution < 1.29 is 0 Å². The Morgan fingerprint density at radius 1 is 0.950 bits per heavy atom. The van der Waals surface area contributed by atoms with Crippen LogP contribution in [0.2, 0.25) is 0 Å². The van der Waals surface area contributed by atoms with E-state index in [4.69, 9.17) is 0 Å². The van der Waals surface area contributed by atoms with Gasteiger partial charge in [-0.3, -0.25) is 0 Å². The lowest BCUT2D eigenvalue weighted by Crippen LogP contribution is -2.11. The normalized spacial score (nSPS) is 18.2. The molecule has 0 saturated heterocycles. The van der Waals surface area contributed by atoms with E-state index in [0.29, 0.717) is 6.04 Å². The van der Waals surface area contributed by atoms with E-state index in [9.17, 15) is 0 Å². The van der Waals surface area contributed by atoms with Crippen molar-refractivity contribution in [3.8, 4) is 0 Å². The van der Waals surface area contributed by atoms with Crippen LogP contribution in [0, 0.1) is 13.8 Å². The predicted octanol–water partition coefficient (Wildman–Crippen LogP) is 5.18. The molecule has 1 nitrogen and oxygen atoms in total. The molecule has 1 atom stereocenters. The van der Waals surface area contributed by atoms with Crippen LogP contribution in [-0.2, 0) is 6.42 Å². The van der Waals surface area contributed by atoms with Crippen molar-refractivity contribution in [3.63, 3.8) is 0 Å². The van der Waals surface area contributed by atoms with Crippen LogP contribution in [0.15, 0.2) is 42.5 Å². The van der Waals surface area contributed by atoms with E-state index in [2.05, 4.69) is 61.6 Å². The van der Waals surface area contributed by atoms with Gasteiger partial charge in [0.15, 0.2) is 0 Å². The molecule has 0 spiro atoms. The summed E-state index contributed by atoms with van der Waals surface area (Å²) >= 11 is 0. The van der Waals surface area contributed by atoms with Gasteiger partial charge in [0.2, 0.25) is 0 Å². The lowest BCUT2D eigenvalue weighted by Gasteiger charge is -2.21. The number of nitrogens with one attached hydrogen (secondary N) is 1. The summed E-state index contributed by atoms with van der Waals surface area (Å²) in [6.45, 7) is 4.33. The highest BCUT2D eigenvalue weighted by molar-refractivity contribution is 5.51. The van der Waals surface area contributed by atoms with Crippen LogP contribution in [0.3, 0.4) is 0 Å². The first-order valence-electron chi connectivity index (χ1n) is 7.65. The number of rotatable bonds is 2. The monoisotopic (exact) mass is 265 g/mol. The molecule has 0 amide bonds. The van der Waals surface area contributed by atoms with E-state index in [1.165, 1.54) is 53.6 Å². The third-order valence-electron chi connectivity index (χ3n) is 4.18. The molecule has 0 aromatic heterocycles. The van der Waals surface area contributed by atoms with Crippen LogP contribution in [0.25, 0.3) is 0 Å². The molecule has 1 N–H and O–H groups in total. The fourth-order valence-electron chi connectivity index (χ4n) is 3.33. The molecular formula is C19H23N. The largest absolute Gasteiger partial charge is 0.378 e. The summed E-state index contributed by atoms with van der Waals surface area (Å²) in [6.07, 6.45) is 5.06. The predicted molar refractivity (Wildman–Crippen MR) is 86.3 cm³/mol. The fourth-order valence-corrected chi connectivity index (χ4v) is 3.33. The third-order valence-corrected chi connectivity index (χ3v) is 4.18. The molecule has 1 aliphatic rings. The molecule has 2 aromatic carbocycles. The van der Waals surface area contributed by atoms with Gasteiger partial charge in [-0.1, -0.05) is 36.8 Å². The third kappa shape index (κ3) is 2.87. The summed E-state index contributed by atoms with van der Waals surface area (Å²) in [6, 6.07) is 16.1. The van der Waals surface area contributed by atoms with E-state index >= 15 is 0 Å². The Hall–Kier alpha value is -1.76. The Bertz CT molecular complexity index is 580. The quantitative estimate of drug-likeness (QED) is 0.737. The molecule has 104 valence electrons. The van der Waals surface area contributed by atoms with Gasteiger partial charge in [-0.05, 0) is 67.5 Å². The average molecular weight is 265 g/mol. The summed E-state index contributed by atoms with van der Waals surface area (Å²) in [4.78, 5) is 0. The molecule has 1 unspecified atom stereocenters. The van der Waals surface area contributed by atoms with E-state index in [0.717, 1.165) is 0 Å². The lowest BCUT2D eigenvalue weighted by atomic mass is 9.98. The Kier molecular flexibility index (Phi) is 3.77. The second-order valence-corrected chi connectivity index (χ2v) is 6.02. The number of hydrogen-bond donors (Lipinski definition) is 1. The maximum absolute atomic E-state index is 3.76. The Labute approximate surface area is 122 Å². The van der Waals surface area contributed by atoms with Gasteiger partial charge in [0.1, 0.15) is 0 Å². The first-order valence-corrected chi connectivity index (χ1v) is 7.65. The Morgan fingerprint density at radius 2 is 1.70 bits per heavy atom. The van der Waals surface area contributed by atoms with Crippen LogP contribution in [0.1, 0.15) is 47.6 Å². The lowest BCUT2D eigenvalue weighted by molar-refractivity contribution is 0.644. The second kappa shape index (κ2) is 5.70. The van der Waals surface area contributed by atoms with Crippen molar-refractivity contribution in [1.82, 2.24) is 0 Å². The van der Waals surface area contributed by atoms with Gasteiger partial charge in [-0.15, -0.1) is 0 Å². The molecule has 0 bridgehead atoms. The molecular weight excluding hydrogens is 242 g/mol. The van der Waals surface area contributed by atoms with Gasteiger partial charge < -0.3 is 5.32 Å². The van der Waals surface area contributed by atoms with Crippen LogP contribution in [-0.4, -0.2) is 0 Å². The number of benzene rings is 2. The fraction of sp³-hybridized carbons (Fsp3) is 0.368. The molecule has 0 aliphatic heterocycles. The maximum Gasteiger partial charge on any atom is 0.0516 e. The van der Waals surface area contributed by atoms with Crippen molar-refractivity contribution in [1.29, 1.82) is 0 Å². The van der Waals surface area contributed by atoms with Gasteiger partial charge in [-0.25, -0.2) is 0 Å². The first-order chi connectivity index (χ1) is 9.72. The summed E-state index contributed by atoms with van der Waals surface area (Å²) in [5, 5.41) is 3.76. The van der Waals surface area contributed by atoms with Crippen molar-refractivity contribution >= 4 is 5.69 Å². The standard InChI is InChI=1S/C19H23N/c1-14-11-15(2)13-17(12-14)20-19-10-6-4-8-16-7-3-5-9-18(16)19/h3,5,7,9,11-13,19-20H,4,6,8,10H2,1-2H3. The summed E-state index contributed by atoms with van der Waals surface area (Å²) in [5.74, 6) is 0. The average Bonchev–Trinajstić information content (AvgIpc) is 2.61. The Morgan fingerprint density at radius 3 is 2.50 bits per heavy atom. The molecule has 0 fully saturated rings. The van der Waals surface area contributed by atoms with Crippen molar-refractivity contribution in [2.75, 3.05) is 5.32 Å². The second-order valence-electron chi connectivity index (χ2n) is 6.02. The number of aryl methyl sites for hydroxylation is 3. The van der Waals surface area contributed by atoms with Gasteiger partial charge in [0.05, 0.1) is 6.04 Å². The SMILES string of the molecule is Cc1cc(C)cc(NC2CCCCc3ccccc32)c1. The highest BCUT2D eigenvalue weighted by Crippen LogP contribution is 2.31. The minimum absolute atomic E-state index is 0.454. The van der Waals surface area contributed by atoms with Crippen molar-refractivity contribution in [2.45, 2.75) is 45.6 Å². The number of hydrogen-bond acceptors (Lipinski definition) is 1. The van der Waals surface area contributed by atoms with Gasteiger partial charge in [-0.2, -0.15) is 0 Å². The highest BCUT2D eigenvalue weighted by atomic mass is 14.9. The highest BCUT2D eigenvalue weighted by Gasteiger charge is 2.18.